The van der Waals surface area contributed by atoms with Crippen LogP contribution in [0.1, 0.15) is 40.4 Å². The summed E-state index contributed by atoms with van der Waals surface area (Å²) in [7, 11) is 5.64. The summed E-state index contributed by atoms with van der Waals surface area (Å²) in [6.45, 7) is 2.54. The second-order valence-corrected chi connectivity index (χ2v) is 11.1. The molecule has 2 aromatic rings. The van der Waals surface area contributed by atoms with Crippen LogP contribution in [0.2, 0.25) is 0 Å². The molecule has 42 heavy (non-hydrogen) atoms. The van der Waals surface area contributed by atoms with E-state index in [2.05, 4.69) is 17.0 Å². The molecule has 0 aromatic heterocycles. The summed E-state index contributed by atoms with van der Waals surface area (Å²) in [5.41, 5.74) is 2.49. The van der Waals surface area contributed by atoms with Crippen molar-refractivity contribution < 1.29 is 47.5 Å². The van der Waals surface area contributed by atoms with Crippen LogP contribution in [-0.2, 0) is 25.5 Å². The molecule has 1 aliphatic carbocycles. The van der Waals surface area contributed by atoms with E-state index in [4.69, 9.17) is 33.2 Å². The van der Waals surface area contributed by atoms with Crippen molar-refractivity contribution in [2.24, 2.45) is 17.8 Å². The smallest absolute Gasteiger partial charge is 0.339 e. The molecule has 11 nitrogen and oxygen atoms in total. The van der Waals surface area contributed by atoms with Crippen LogP contribution in [0.3, 0.4) is 0 Å². The third-order valence-electron chi connectivity index (χ3n) is 9.02. The first kappa shape index (κ1) is 28.1. The summed E-state index contributed by atoms with van der Waals surface area (Å²) < 4.78 is 38.6. The van der Waals surface area contributed by atoms with Crippen molar-refractivity contribution in [3.63, 3.8) is 0 Å². The van der Waals surface area contributed by atoms with Gasteiger partial charge in [0, 0.05) is 19.1 Å². The van der Waals surface area contributed by atoms with E-state index in [0.717, 1.165) is 30.0 Å². The summed E-state index contributed by atoms with van der Waals surface area (Å²) in [5.74, 6) is -0.684. The lowest BCUT2D eigenvalue weighted by Crippen LogP contribution is -2.56. The number of esters is 2. The molecule has 0 amide bonds. The molecule has 2 aromatic carbocycles. The first-order valence-electron chi connectivity index (χ1n) is 14.2. The number of methoxy groups -OCH3 is 4. The highest BCUT2D eigenvalue weighted by molar-refractivity contribution is 6.03. The van der Waals surface area contributed by atoms with Gasteiger partial charge in [0.2, 0.25) is 5.75 Å². The molecule has 0 radical (unpaired) electrons. The van der Waals surface area contributed by atoms with Gasteiger partial charge in [-0.05, 0) is 66.5 Å². The number of ketones is 1. The van der Waals surface area contributed by atoms with Gasteiger partial charge in [-0.3, -0.25) is 14.5 Å². The number of piperidine rings is 1. The van der Waals surface area contributed by atoms with Crippen molar-refractivity contribution in [2.45, 2.75) is 31.4 Å². The Kier molecular flexibility index (Phi) is 7.61. The molecule has 0 bridgehead atoms. The number of hydrogen-bond donors (Lipinski definition) is 0. The normalized spacial score (nSPS) is 26.2. The van der Waals surface area contributed by atoms with Crippen LogP contribution in [0, 0.1) is 17.8 Å². The molecule has 5 atom stereocenters. The predicted molar refractivity (Wildman–Crippen MR) is 147 cm³/mol. The highest BCUT2D eigenvalue weighted by Gasteiger charge is 2.53. The number of ether oxygens (including phenoxy) is 7. The molecule has 2 fully saturated rings. The zero-order valence-corrected chi connectivity index (χ0v) is 24.2. The zero-order valence-electron chi connectivity index (χ0n) is 24.2. The summed E-state index contributed by atoms with van der Waals surface area (Å²) in [5, 5.41) is 0. The maximum Gasteiger partial charge on any atom is 0.339 e. The molecule has 0 unspecified atom stereocenters. The van der Waals surface area contributed by atoms with Gasteiger partial charge in [-0.1, -0.05) is 0 Å². The fourth-order valence-electron chi connectivity index (χ4n) is 7.05. The minimum Gasteiger partial charge on any atom is -0.493 e. The van der Waals surface area contributed by atoms with Crippen LogP contribution in [0.15, 0.2) is 24.3 Å². The first-order valence-corrected chi connectivity index (χ1v) is 14.2. The van der Waals surface area contributed by atoms with Crippen molar-refractivity contribution in [1.82, 2.24) is 4.90 Å². The molecule has 3 aliphatic heterocycles. The molecule has 6 rings (SSSR count). The topological polar surface area (TPSA) is 119 Å². The van der Waals surface area contributed by atoms with Crippen LogP contribution in [-0.4, -0.2) is 83.5 Å². The number of rotatable bonds is 6. The lowest BCUT2D eigenvalue weighted by atomic mass is 9.64. The van der Waals surface area contributed by atoms with Gasteiger partial charge in [-0.2, -0.15) is 0 Å². The minimum absolute atomic E-state index is 0.0316. The molecular formula is C31H35NO10. The van der Waals surface area contributed by atoms with E-state index < -0.39 is 29.7 Å². The molecule has 0 N–H and O–H groups in total. The van der Waals surface area contributed by atoms with Crippen molar-refractivity contribution in [2.75, 3.05) is 54.7 Å². The molecular weight excluding hydrogens is 546 g/mol. The number of benzene rings is 2. The average molecular weight is 582 g/mol. The van der Waals surface area contributed by atoms with Gasteiger partial charge in [0.1, 0.15) is 19.1 Å². The number of nitrogens with zero attached hydrogens (tertiary/aromatic N) is 1. The van der Waals surface area contributed by atoms with Crippen LogP contribution in [0.5, 0.6) is 28.7 Å². The number of carbonyl (C=O) groups excluding carboxylic acids is 3. The van der Waals surface area contributed by atoms with Gasteiger partial charge in [-0.15, -0.1) is 0 Å². The Labute approximate surface area is 243 Å². The predicted octanol–water partition coefficient (Wildman–Crippen LogP) is 3.01. The summed E-state index contributed by atoms with van der Waals surface area (Å²) in [6, 6.07) is 7.10. The SMILES string of the molecule is COC(=O)[C@H]1C(=O)[C@@H](OC(=O)c2cc(OC)c(OC)c(OC)c2)C[C@@H]2CN3CCc4cc5c(cc4[C@H]3C[C@@H]21)OCCO5. The molecule has 3 heterocycles. The first-order chi connectivity index (χ1) is 20.4. The van der Waals surface area contributed by atoms with Gasteiger partial charge < -0.3 is 33.2 Å². The van der Waals surface area contributed by atoms with Crippen LogP contribution < -0.4 is 23.7 Å². The van der Waals surface area contributed by atoms with E-state index in [-0.39, 0.29) is 34.9 Å². The summed E-state index contributed by atoms with van der Waals surface area (Å²) >= 11 is 0. The van der Waals surface area contributed by atoms with Gasteiger partial charge >= 0.3 is 11.9 Å². The van der Waals surface area contributed by atoms with Gasteiger partial charge in [-0.25, -0.2) is 4.79 Å². The summed E-state index contributed by atoms with van der Waals surface area (Å²) in [6.07, 6.45) is 0.701. The lowest BCUT2D eigenvalue weighted by Gasteiger charge is -2.51. The molecule has 4 aliphatic rings. The third-order valence-corrected chi connectivity index (χ3v) is 9.02. The average Bonchev–Trinajstić information content (AvgIpc) is 3.02. The van der Waals surface area contributed by atoms with Crippen molar-refractivity contribution in [1.29, 1.82) is 0 Å². The summed E-state index contributed by atoms with van der Waals surface area (Å²) in [4.78, 5) is 42.6. The number of hydrogen-bond acceptors (Lipinski definition) is 11. The second-order valence-electron chi connectivity index (χ2n) is 11.1. The highest BCUT2D eigenvalue weighted by Crippen LogP contribution is 2.50. The van der Waals surface area contributed by atoms with Crippen molar-refractivity contribution in [3.05, 3.63) is 41.0 Å². The zero-order chi connectivity index (χ0) is 29.5. The quantitative estimate of drug-likeness (QED) is 0.370. The van der Waals surface area contributed by atoms with E-state index in [1.165, 1.54) is 46.1 Å². The monoisotopic (exact) mass is 581 g/mol. The van der Waals surface area contributed by atoms with Crippen molar-refractivity contribution in [3.8, 4) is 28.7 Å². The molecule has 1 saturated heterocycles. The van der Waals surface area contributed by atoms with E-state index in [1.54, 1.807) is 0 Å². The highest BCUT2D eigenvalue weighted by atomic mass is 16.6. The number of carbonyl (C=O) groups is 3. The largest absolute Gasteiger partial charge is 0.493 e. The fourth-order valence-corrected chi connectivity index (χ4v) is 7.05. The van der Waals surface area contributed by atoms with Crippen LogP contribution in [0.25, 0.3) is 0 Å². The lowest BCUT2D eigenvalue weighted by molar-refractivity contribution is -0.163. The van der Waals surface area contributed by atoms with E-state index in [0.29, 0.717) is 38.3 Å². The Balaban J connectivity index is 1.26. The molecule has 224 valence electrons. The minimum atomic E-state index is -1.09. The number of Topliss-reactive ketones (excluding diaryl/α,β-unsaturated/α-hetero) is 1. The maximum absolute atomic E-state index is 13.8. The molecule has 1 saturated carbocycles. The Hall–Kier alpha value is -3.99. The van der Waals surface area contributed by atoms with Crippen LogP contribution in [0.4, 0.5) is 0 Å². The van der Waals surface area contributed by atoms with Crippen LogP contribution >= 0.6 is 0 Å². The van der Waals surface area contributed by atoms with E-state index in [1.807, 2.05) is 0 Å². The maximum atomic E-state index is 13.8. The third kappa shape index (κ3) is 4.79. The van der Waals surface area contributed by atoms with Gasteiger partial charge in [0.05, 0.1) is 34.0 Å². The Morgan fingerprint density at radius 3 is 2.24 bits per heavy atom. The number of fused-ring (bicyclic) bond motifs is 5. The molecule has 11 heteroatoms. The Morgan fingerprint density at radius 1 is 0.905 bits per heavy atom. The van der Waals surface area contributed by atoms with E-state index >= 15 is 0 Å². The molecule has 0 spiro atoms. The Morgan fingerprint density at radius 2 is 1.60 bits per heavy atom. The second kappa shape index (κ2) is 11.4. The Bertz CT molecular complexity index is 1380. The van der Waals surface area contributed by atoms with Crippen molar-refractivity contribution >= 4 is 17.7 Å². The fraction of sp³-hybridized carbons (Fsp3) is 0.516. The van der Waals surface area contributed by atoms with E-state index in [9.17, 15) is 14.4 Å². The van der Waals surface area contributed by atoms with Gasteiger partial charge in [0.25, 0.3) is 0 Å². The standard InChI is InChI=1S/C31H35NO10/c1-36-25-10-17(11-26(37-2)29(25)38-3)30(34)42-24-12-18-15-32-6-5-16-9-22-23(41-8-7-40-22)14-19(16)21(32)13-20(18)27(28(24)33)31(35)39-4/h9-11,14,18,20-21,24,27H,5-8,12-13,15H2,1-4H3/t18-,20+,21-,24+,27-/m1/s1. The van der Waals surface area contributed by atoms with Gasteiger partial charge in [0.15, 0.2) is 34.9 Å².